The maximum Gasteiger partial charge on any atom is 0.239 e. The predicted molar refractivity (Wildman–Crippen MR) is 110 cm³/mol. The molecule has 1 amide bonds. The van der Waals surface area contributed by atoms with Gasteiger partial charge in [-0.3, -0.25) is 9.59 Å². The van der Waals surface area contributed by atoms with Crippen LogP contribution < -0.4 is 10.6 Å². The molecule has 28 heavy (non-hydrogen) atoms. The Kier molecular flexibility index (Phi) is 5.96. The molecule has 5 nitrogen and oxygen atoms in total. The van der Waals surface area contributed by atoms with Crippen molar-refractivity contribution in [1.82, 2.24) is 10.6 Å². The van der Waals surface area contributed by atoms with Gasteiger partial charge in [-0.05, 0) is 48.9 Å². The first-order chi connectivity index (χ1) is 13.3. The number of amides is 1. The van der Waals surface area contributed by atoms with Gasteiger partial charge in [0.1, 0.15) is 0 Å². The molecule has 0 bridgehead atoms. The number of benzene rings is 2. The maximum absolute atomic E-state index is 12.7. The molecule has 1 saturated heterocycles. The quantitative estimate of drug-likeness (QED) is 0.673. The zero-order valence-electron chi connectivity index (χ0n) is 16.7. The van der Waals surface area contributed by atoms with E-state index in [1.54, 1.807) is 6.07 Å². The lowest BCUT2D eigenvalue weighted by atomic mass is 9.87. The van der Waals surface area contributed by atoms with Gasteiger partial charge in [0.15, 0.2) is 5.78 Å². The van der Waals surface area contributed by atoms with Crippen LogP contribution in [0.3, 0.4) is 0 Å². The Hall–Kier alpha value is -2.50. The lowest BCUT2D eigenvalue weighted by Gasteiger charge is -2.31. The van der Waals surface area contributed by atoms with Crippen molar-refractivity contribution < 1.29 is 14.7 Å². The van der Waals surface area contributed by atoms with Crippen LogP contribution in [0.4, 0.5) is 0 Å². The molecule has 148 valence electrons. The molecular weight excluding hydrogens is 352 g/mol. The van der Waals surface area contributed by atoms with Gasteiger partial charge < -0.3 is 15.7 Å². The van der Waals surface area contributed by atoms with Crippen molar-refractivity contribution >= 4 is 11.7 Å². The van der Waals surface area contributed by atoms with Gasteiger partial charge in [0.25, 0.3) is 0 Å². The van der Waals surface area contributed by atoms with E-state index in [1.807, 2.05) is 42.5 Å². The number of hydrogen-bond donors (Lipinski definition) is 3. The summed E-state index contributed by atoms with van der Waals surface area (Å²) in [5.41, 5.74) is 1.03. The van der Waals surface area contributed by atoms with E-state index in [1.165, 1.54) is 6.92 Å². The lowest BCUT2D eigenvalue weighted by molar-refractivity contribution is -0.147. The van der Waals surface area contributed by atoms with Gasteiger partial charge in [0.05, 0.1) is 6.04 Å². The molecular formula is C23H28N2O3. The van der Waals surface area contributed by atoms with Crippen molar-refractivity contribution in [1.29, 1.82) is 0 Å². The molecule has 3 N–H and O–H groups in total. The summed E-state index contributed by atoms with van der Waals surface area (Å²) in [7, 11) is 0. The summed E-state index contributed by atoms with van der Waals surface area (Å²) in [5, 5.41) is 17.1. The van der Waals surface area contributed by atoms with Crippen LogP contribution in [0.1, 0.15) is 50.7 Å². The van der Waals surface area contributed by atoms with Crippen LogP contribution in [0.15, 0.2) is 48.5 Å². The van der Waals surface area contributed by atoms with Gasteiger partial charge in [-0.1, -0.05) is 62.4 Å². The zero-order chi connectivity index (χ0) is 20.3. The summed E-state index contributed by atoms with van der Waals surface area (Å²) in [6.45, 7) is 6.24. The Morgan fingerprint density at radius 1 is 1.18 bits per heavy atom. The molecule has 2 aromatic rings. The second-order valence-corrected chi connectivity index (χ2v) is 7.73. The first-order valence-corrected chi connectivity index (χ1v) is 9.81. The summed E-state index contributed by atoms with van der Waals surface area (Å²) < 4.78 is 0. The fourth-order valence-electron chi connectivity index (χ4n) is 3.61. The standard InChI is InChI=1S/C23H28N2O3/c1-15(2)18-11-12-20(19(14-18)17-8-5-4-6-9-17)23(28,16(3)26)25-22(27)21-10-7-13-24-21/h4-6,8-9,11-12,14-15,21,24,28H,7,10,13H2,1-3H3,(H,25,27). The minimum atomic E-state index is -2.08. The Balaban J connectivity index is 2.09. The van der Waals surface area contributed by atoms with Gasteiger partial charge in [-0.15, -0.1) is 0 Å². The maximum atomic E-state index is 12.7. The highest BCUT2D eigenvalue weighted by Gasteiger charge is 2.40. The molecule has 2 aromatic carbocycles. The van der Waals surface area contributed by atoms with Crippen molar-refractivity contribution in [3.8, 4) is 11.1 Å². The van der Waals surface area contributed by atoms with Crippen molar-refractivity contribution in [2.75, 3.05) is 6.54 Å². The molecule has 1 aliphatic heterocycles. The predicted octanol–water partition coefficient (Wildman–Crippen LogP) is 3.08. The van der Waals surface area contributed by atoms with Crippen molar-refractivity contribution in [2.24, 2.45) is 0 Å². The summed E-state index contributed by atoms with van der Waals surface area (Å²) >= 11 is 0. The van der Waals surface area contributed by atoms with Crippen LogP contribution in [0.25, 0.3) is 11.1 Å². The number of carbonyl (C=O) groups excluding carboxylic acids is 2. The average Bonchev–Trinajstić information content (AvgIpc) is 3.23. The largest absolute Gasteiger partial charge is 0.361 e. The molecule has 0 radical (unpaired) electrons. The van der Waals surface area contributed by atoms with E-state index in [4.69, 9.17) is 0 Å². The van der Waals surface area contributed by atoms with Crippen molar-refractivity contribution in [3.63, 3.8) is 0 Å². The molecule has 0 saturated carbocycles. The van der Waals surface area contributed by atoms with Crippen LogP contribution in [0.2, 0.25) is 0 Å². The Morgan fingerprint density at radius 2 is 1.89 bits per heavy atom. The monoisotopic (exact) mass is 380 g/mol. The molecule has 1 aliphatic rings. The highest BCUT2D eigenvalue weighted by atomic mass is 16.3. The minimum Gasteiger partial charge on any atom is -0.361 e. The van der Waals surface area contributed by atoms with E-state index in [9.17, 15) is 14.7 Å². The topological polar surface area (TPSA) is 78.4 Å². The molecule has 3 rings (SSSR count). The first-order valence-electron chi connectivity index (χ1n) is 9.81. The van der Waals surface area contributed by atoms with Crippen LogP contribution >= 0.6 is 0 Å². The molecule has 0 aliphatic carbocycles. The van der Waals surface area contributed by atoms with Gasteiger partial charge in [0, 0.05) is 5.56 Å². The lowest BCUT2D eigenvalue weighted by Crippen LogP contribution is -2.55. The number of carbonyl (C=O) groups is 2. The van der Waals surface area contributed by atoms with E-state index in [2.05, 4.69) is 24.5 Å². The Labute approximate surface area is 166 Å². The second-order valence-electron chi connectivity index (χ2n) is 7.73. The zero-order valence-corrected chi connectivity index (χ0v) is 16.7. The third-order valence-electron chi connectivity index (χ3n) is 5.38. The normalized spacial score (nSPS) is 18.7. The molecule has 2 unspecified atom stereocenters. The summed E-state index contributed by atoms with van der Waals surface area (Å²) in [6.07, 6.45) is 1.59. The van der Waals surface area contributed by atoms with E-state index < -0.39 is 11.5 Å². The number of hydrogen-bond acceptors (Lipinski definition) is 4. The van der Waals surface area contributed by atoms with Crippen LogP contribution in [-0.2, 0) is 15.3 Å². The Morgan fingerprint density at radius 3 is 2.46 bits per heavy atom. The first kappa shape index (κ1) is 20.2. The molecule has 0 aromatic heterocycles. The fourth-order valence-corrected chi connectivity index (χ4v) is 3.61. The average molecular weight is 380 g/mol. The molecule has 5 heteroatoms. The van der Waals surface area contributed by atoms with Crippen LogP contribution in [0.5, 0.6) is 0 Å². The van der Waals surface area contributed by atoms with Gasteiger partial charge in [0.2, 0.25) is 11.6 Å². The van der Waals surface area contributed by atoms with Gasteiger partial charge >= 0.3 is 0 Å². The van der Waals surface area contributed by atoms with Crippen LogP contribution in [0, 0.1) is 0 Å². The third-order valence-corrected chi connectivity index (χ3v) is 5.38. The van der Waals surface area contributed by atoms with Crippen molar-refractivity contribution in [2.45, 2.75) is 51.3 Å². The Bertz CT molecular complexity index is 857. The number of rotatable bonds is 6. The summed E-state index contributed by atoms with van der Waals surface area (Å²) in [5.74, 6) is -0.588. The molecule has 2 atom stereocenters. The van der Waals surface area contributed by atoms with Crippen molar-refractivity contribution in [3.05, 3.63) is 59.7 Å². The number of Topliss-reactive ketones (excluding diaryl/α,β-unsaturated/α-hetero) is 1. The van der Waals surface area contributed by atoms with Crippen LogP contribution in [-0.4, -0.2) is 29.4 Å². The molecule has 1 heterocycles. The number of ketones is 1. The molecule has 0 spiro atoms. The van der Waals surface area contributed by atoms with E-state index in [-0.39, 0.29) is 11.9 Å². The summed E-state index contributed by atoms with van der Waals surface area (Å²) in [6, 6.07) is 14.9. The van der Waals surface area contributed by atoms with E-state index in [0.717, 1.165) is 29.7 Å². The highest BCUT2D eigenvalue weighted by molar-refractivity contribution is 5.94. The summed E-state index contributed by atoms with van der Waals surface area (Å²) in [4.78, 5) is 25.2. The van der Waals surface area contributed by atoms with Gasteiger partial charge in [-0.25, -0.2) is 0 Å². The minimum absolute atomic E-state index is 0.291. The number of aliphatic hydroxyl groups is 1. The molecule has 1 fully saturated rings. The number of nitrogens with one attached hydrogen (secondary N) is 2. The third kappa shape index (κ3) is 4.01. The fraction of sp³-hybridized carbons (Fsp3) is 0.391. The van der Waals surface area contributed by atoms with Gasteiger partial charge in [-0.2, -0.15) is 0 Å². The van der Waals surface area contributed by atoms with E-state index in [0.29, 0.717) is 17.9 Å². The SMILES string of the molecule is CC(=O)C(O)(NC(=O)C1CCCN1)c1ccc(C(C)C)cc1-c1ccccc1. The van der Waals surface area contributed by atoms with E-state index >= 15 is 0 Å². The highest BCUT2D eigenvalue weighted by Crippen LogP contribution is 2.34. The second kappa shape index (κ2) is 8.25. The smallest absolute Gasteiger partial charge is 0.239 e.